The second kappa shape index (κ2) is 9.27. The van der Waals surface area contributed by atoms with Crippen molar-refractivity contribution in [2.24, 2.45) is 0 Å². The maximum absolute atomic E-state index is 12.0. The van der Waals surface area contributed by atoms with Gasteiger partial charge in [0, 0.05) is 5.69 Å². The summed E-state index contributed by atoms with van der Waals surface area (Å²) in [7, 11) is 0. The molecule has 4 nitrogen and oxygen atoms in total. The number of hydrogen-bond donors (Lipinski definition) is 1. The first-order valence-electron chi connectivity index (χ1n) is 9.20. The van der Waals surface area contributed by atoms with Crippen molar-refractivity contribution in [2.75, 3.05) is 18.5 Å². The molecule has 0 radical (unpaired) electrons. The third-order valence-electron chi connectivity index (χ3n) is 4.50. The Morgan fingerprint density at radius 3 is 2.08 bits per heavy atom. The smallest absolute Gasteiger partial charge is 0.262 e. The second-order valence-electron chi connectivity index (χ2n) is 6.97. The van der Waals surface area contributed by atoms with Gasteiger partial charge in [-0.1, -0.05) is 39.8 Å². The average molecular weight is 355 g/mol. The van der Waals surface area contributed by atoms with Gasteiger partial charge in [-0.2, -0.15) is 0 Å². The molecule has 140 valence electrons. The molecule has 26 heavy (non-hydrogen) atoms. The van der Waals surface area contributed by atoms with Gasteiger partial charge in [0.1, 0.15) is 11.5 Å². The van der Waals surface area contributed by atoms with Gasteiger partial charge in [0.2, 0.25) is 0 Å². The molecule has 1 N–H and O–H groups in total. The summed E-state index contributed by atoms with van der Waals surface area (Å²) in [6.07, 6.45) is 2.03. The molecule has 0 bridgehead atoms. The molecule has 2 rings (SSSR count). The fourth-order valence-electron chi connectivity index (χ4n) is 2.41. The summed E-state index contributed by atoms with van der Waals surface area (Å²) in [6, 6.07) is 15.3. The minimum Gasteiger partial charge on any atom is -0.494 e. The van der Waals surface area contributed by atoms with Gasteiger partial charge in [-0.25, -0.2) is 0 Å². The first kappa shape index (κ1) is 19.8. The Balaban J connectivity index is 1.83. The molecule has 1 amide bonds. The Hall–Kier alpha value is -2.49. The van der Waals surface area contributed by atoms with Crippen LogP contribution in [0.25, 0.3) is 0 Å². The fourth-order valence-corrected chi connectivity index (χ4v) is 2.41. The van der Waals surface area contributed by atoms with Crippen molar-refractivity contribution in [1.29, 1.82) is 0 Å². The SMILES string of the molecule is CCCOc1ccc(NC(=O)COc2ccc(C(C)(C)CC)cc2)cc1. The van der Waals surface area contributed by atoms with Crippen LogP contribution in [0, 0.1) is 0 Å². The van der Waals surface area contributed by atoms with Crippen LogP contribution in [0.3, 0.4) is 0 Å². The van der Waals surface area contributed by atoms with E-state index in [2.05, 4.69) is 45.1 Å². The van der Waals surface area contributed by atoms with Crippen molar-refractivity contribution >= 4 is 11.6 Å². The summed E-state index contributed by atoms with van der Waals surface area (Å²) in [5, 5.41) is 2.82. The van der Waals surface area contributed by atoms with Gasteiger partial charge < -0.3 is 14.8 Å². The van der Waals surface area contributed by atoms with Crippen LogP contribution < -0.4 is 14.8 Å². The van der Waals surface area contributed by atoms with Crippen molar-refractivity contribution in [1.82, 2.24) is 0 Å². The number of amides is 1. The van der Waals surface area contributed by atoms with Crippen LogP contribution in [0.2, 0.25) is 0 Å². The number of benzene rings is 2. The molecular weight excluding hydrogens is 326 g/mol. The van der Waals surface area contributed by atoms with Crippen LogP contribution in [-0.4, -0.2) is 19.1 Å². The Kier molecular flexibility index (Phi) is 7.07. The number of carbonyl (C=O) groups excluding carboxylic acids is 1. The van der Waals surface area contributed by atoms with Crippen LogP contribution in [0.15, 0.2) is 48.5 Å². The Morgan fingerprint density at radius 1 is 0.923 bits per heavy atom. The lowest BCUT2D eigenvalue weighted by Gasteiger charge is -2.23. The topological polar surface area (TPSA) is 47.6 Å². The van der Waals surface area contributed by atoms with E-state index in [1.54, 1.807) is 0 Å². The lowest BCUT2D eigenvalue weighted by atomic mass is 9.82. The van der Waals surface area contributed by atoms with Gasteiger partial charge in [0.25, 0.3) is 5.91 Å². The summed E-state index contributed by atoms with van der Waals surface area (Å²) in [6.45, 7) is 9.34. The number of ether oxygens (including phenoxy) is 2. The average Bonchev–Trinajstić information content (AvgIpc) is 2.66. The van der Waals surface area contributed by atoms with Crippen LogP contribution in [-0.2, 0) is 10.2 Å². The lowest BCUT2D eigenvalue weighted by molar-refractivity contribution is -0.118. The molecule has 0 aromatic heterocycles. The zero-order valence-electron chi connectivity index (χ0n) is 16.2. The van der Waals surface area contributed by atoms with Crippen LogP contribution in [0.4, 0.5) is 5.69 Å². The molecule has 0 aliphatic carbocycles. The van der Waals surface area contributed by atoms with E-state index in [9.17, 15) is 4.79 Å². The van der Waals surface area contributed by atoms with Crippen molar-refractivity contribution in [3.8, 4) is 11.5 Å². The van der Waals surface area contributed by atoms with Gasteiger partial charge in [0.15, 0.2) is 6.61 Å². The number of rotatable bonds is 9. The molecule has 0 saturated heterocycles. The van der Waals surface area contributed by atoms with Gasteiger partial charge in [-0.05, 0) is 60.2 Å². The normalized spacial score (nSPS) is 11.1. The summed E-state index contributed by atoms with van der Waals surface area (Å²) in [5.41, 5.74) is 2.13. The largest absolute Gasteiger partial charge is 0.494 e. The third kappa shape index (κ3) is 5.80. The number of nitrogens with one attached hydrogen (secondary N) is 1. The summed E-state index contributed by atoms with van der Waals surface area (Å²) in [5.74, 6) is 1.31. The molecular formula is C22H29NO3. The third-order valence-corrected chi connectivity index (χ3v) is 4.50. The zero-order chi connectivity index (χ0) is 19.0. The van der Waals surface area contributed by atoms with E-state index in [0.29, 0.717) is 12.4 Å². The molecule has 0 atom stereocenters. The molecule has 0 heterocycles. The molecule has 0 unspecified atom stereocenters. The van der Waals surface area contributed by atoms with Crippen molar-refractivity contribution in [2.45, 2.75) is 46.0 Å². The first-order chi connectivity index (χ1) is 12.4. The molecule has 0 aliphatic heterocycles. The number of carbonyl (C=O) groups is 1. The van der Waals surface area contributed by atoms with Crippen molar-refractivity contribution in [3.63, 3.8) is 0 Å². The molecule has 0 saturated carbocycles. The predicted octanol–water partition coefficient (Wildman–Crippen LogP) is 5.18. The van der Waals surface area contributed by atoms with Crippen LogP contribution in [0.1, 0.15) is 46.1 Å². The highest BCUT2D eigenvalue weighted by molar-refractivity contribution is 5.91. The van der Waals surface area contributed by atoms with Gasteiger partial charge in [-0.15, -0.1) is 0 Å². The van der Waals surface area contributed by atoms with Crippen LogP contribution in [0.5, 0.6) is 11.5 Å². The summed E-state index contributed by atoms with van der Waals surface area (Å²) >= 11 is 0. The Bertz CT molecular complexity index is 690. The Labute approximate surface area is 156 Å². The first-order valence-corrected chi connectivity index (χ1v) is 9.20. The van der Waals surface area contributed by atoms with Crippen molar-refractivity contribution < 1.29 is 14.3 Å². The molecule has 4 heteroatoms. The van der Waals surface area contributed by atoms with E-state index in [0.717, 1.165) is 24.3 Å². The van der Waals surface area contributed by atoms with E-state index in [1.807, 2.05) is 36.4 Å². The maximum Gasteiger partial charge on any atom is 0.262 e. The second-order valence-corrected chi connectivity index (χ2v) is 6.97. The molecule has 0 aliphatic rings. The molecule has 2 aromatic carbocycles. The van der Waals surface area contributed by atoms with E-state index in [1.165, 1.54) is 5.56 Å². The quantitative estimate of drug-likeness (QED) is 0.674. The highest BCUT2D eigenvalue weighted by atomic mass is 16.5. The van der Waals surface area contributed by atoms with Crippen LogP contribution >= 0.6 is 0 Å². The van der Waals surface area contributed by atoms with Gasteiger partial charge in [0.05, 0.1) is 6.61 Å². The molecule has 2 aromatic rings. The van der Waals surface area contributed by atoms with E-state index in [-0.39, 0.29) is 17.9 Å². The minimum atomic E-state index is -0.190. The monoisotopic (exact) mass is 355 g/mol. The zero-order valence-corrected chi connectivity index (χ0v) is 16.2. The van der Waals surface area contributed by atoms with E-state index in [4.69, 9.17) is 9.47 Å². The number of anilines is 1. The summed E-state index contributed by atoms with van der Waals surface area (Å²) < 4.78 is 11.1. The van der Waals surface area contributed by atoms with Gasteiger partial charge >= 0.3 is 0 Å². The standard InChI is InChI=1S/C22H29NO3/c1-5-15-25-19-13-9-18(10-14-19)23-21(24)16-26-20-11-7-17(8-12-20)22(3,4)6-2/h7-14H,5-6,15-16H2,1-4H3,(H,23,24). The fraction of sp³-hybridized carbons (Fsp3) is 0.409. The molecule has 0 spiro atoms. The Morgan fingerprint density at radius 2 is 1.50 bits per heavy atom. The highest BCUT2D eigenvalue weighted by Crippen LogP contribution is 2.28. The maximum atomic E-state index is 12.0. The van der Waals surface area contributed by atoms with E-state index >= 15 is 0 Å². The highest BCUT2D eigenvalue weighted by Gasteiger charge is 2.17. The van der Waals surface area contributed by atoms with E-state index < -0.39 is 0 Å². The molecule has 0 fully saturated rings. The number of hydrogen-bond acceptors (Lipinski definition) is 3. The minimum absolute atomic E-state index is 0.0232. The summed E-state index contributed by atoms with van der Waals surface area (Å²) in [4.78, 5) is 12.0. The van der Waals surface area contributed by atoms with Gasteiger partial charge in [-0.3, -0.25) is 4.79 Å². The van der Waals surface area contributed by atoms with Crippen molar-refractivity contribution in [3.05, 3.63) is 54.1 Å². The lowest BCUT2D eigenvalue weighted by Crippen LogP contribution is -2.20. The predicted molar refractivity (Wildman–Crippen MR) is 106 cm³/mol.